The molecule has 3 heterocycles. The SMILES string of the molecule is Cc1nc2ccccc2n1CCC(=O)N1CCC(n2c(=O)[nH]c3ccccc3c2=O)CC1. The molecule has 0 atom stereocenters. The summed E-state index contributed by atoms with van der Waals surface area (Å²) >= 11 is 0. The van der Waals surface area contributed by atoms with Gasteiger partial charge >= 0.3 is 5.69 Å². The highest BCUT2D eigenvalue weighted by Gasteiger charge is 2.26. The lowest BCUT2D eigenvalue weighted by Crippen LogP contribution is -2.45. The van der Waals surface area contributed by atoms with Crippen LogP contribution in [0.4, 0.5) is 0 Å². The Morgan fingerprint density at radius 3 is 2.59 bits per heavy atom. The monoisotopic (exact) mass is 431 g/mol. The van der Waals surface area contributed by atoms with Crippen molar-refractivity contribution in [1.82, 2.24) is 24.0 Å². The van der Waals surface area contributed by atoms with Gasteiger partial charge in [-0.25, -0.2) is 9.78 Å². The fraction of sp³-hybridized carbons (Fsp3) is 0.333. The molecule has 8 nitrogen and oxygen atoms in total. The summed E-state index contributed by atoms with van der Waals surface area (Å²) in [6.45, 7) is 3.60. The first-order valence-corrected chi connectivity index (χ1v) is 11.0. The summed E-state index contributed by atoms with van der Waals surface area (Å²) < 4.78 is 3.40. The van der Waals surface area contributed by atoms with E-state index in [0.717, 1.165) is 16.9 Å². The first-order valence-electron chi connectivity index (χ1n) is 11.0. The van der Waals surface area contributed by atoms with E-state index in [1.807, 2.05) is 36.1 Å². The molecule has 8 heteroatoms. The van der Waals surface area contributed by atoms with Gasteiger partial charge in [0.1, 0.15) is 5.82 Å². The Balaban J connectivity index is 1.26. The third-order valence-corrected chi connectivity index (χ3v) is 6.41. The number of benzene rings is 2. The maximum atomic E-state index is 12.9. The molecule has 164 valence electrons. The number of nitrogens with one attached hydrogen (secondary N) is 1. The molecular weight excluding hydrogens is 406 g/mol. The maximum absolute atomic E-state index is 12.9. The van der Waals surface area contributed by atoms with Crippen molar-refractivity contribution in [3.63, 3.8) is 0 Å². The van der Waals surface area contributed by atoms with Crippen LogP contribution in [0.15, 0.2) is 58.1 Å². The molecule has 1 N–H and O–H groups in total. The molecular formula is C24H25N5O3. The lowest BCUT2D eigenvalue weighted by Gasteiger charge is -2.32. The number of para-hydroxylation sites is 3. The maximum Gasteiger partial charge on any atom is 0.329 e. The summed E-state index contributed by atoms with van der Waals surface area (Å²) in [5.41, 5.74) is 1.86. The van der Waals surface area contributed by atoms with Crippen molar-refractivity contribution >= 4 is 27.8 Å². The summed E-state index contributed by atoms with van der Waals surface area (Å²) in [6, 6.07) is 14.8. The molecule has 1 fully saturated rings. The lowest BCUT2D eigenvalue weighted by molar-refractivity contribution is -0.132. The lowest BCUT2D eigenvalue weighted by atomic mass is 10.0. The highest BCUT2D eigenvalue weighted by Crippen LogP contribution is 2.22. The number of imidazole rings is 1. The van der Waals surface area contributed by atoms with Crippen molar-refractivity contribution in [3.05, 3.63) is 75.2 Å². The molecule has 4 aromatic rings. The van der Waals surface area contributed by atoms with Gasteiger partial charge in [-0.2, -0.15) is 0 Å². The van der Waals surface area contributed by atoms with Crippen LogP contribution < -0.4 is 11.2 Å². The highest BCUT2D eigenvalue weighted by molar-refractivity contribution is 5.78. The molecule has 0 spiro atoms. The molecule has 2 aromatic carbocycles. The van der Waals surface area contributed by atoms with Gasteiger partial charge in [0.05, 0.1) is 21.9 Å². The number of carbonyl (C=O) groups is 1. The highest BCUT2D eigenvalue weighted by atomic mass is 16.2. The number of aryl methyl sites for hydroxylation is 2. The van der Waals surface area contributed by atoms with Crippen molar-refractivity contribution < 1.29 is 4.79 Å². The summed E-state index contributed by atoms with van der Waals surface area (Å²) in [5.74, 6) is 0.980. The topological polar surface area (TPSA) is 93.0 Å². The quantitative estimate of drug-likeness (QED) is 0.538. The van der Waals surface area contributed by atoms with Crippen LogP contribution in [0, 0.1) is 6.92 Å². The minimum Gasteiger partial charge on any atom is -0.342 e. The van der Waals surface area contributed by atoms with Gasteiger partial charge in [-0.1, -0.05) is 24.3 Å². The van der Waals surface area contributed by atoms with Crippen LogP contribution in [0.3, 0.4) is 0 Å². The van der Waals surface area contributed by atoms with Gasteiger partial charge in [0.15, 0.2) is 0 Å². The number of aromatic nitrogens is 4. The smallest absolute Gasteiger partial charge is 0.329 e. The Bertz CT molecular complexity index is 1420. The van der Waals surface area contributed by atoms with E-state index in [1.165, 1.54) is 4.57 Å². The third kappa shape index (κ3) is 3.51. The van der Waals surface area contributed by atoms with Gasteiger partial charge in [0.2, 0.25) is 5.91 Å². The van der Waals surface area contributed by atoms with Crippen LogP contribution in [0.25, 0.3) is 21.9 Å². The number of hydrogen-bond acceptors (Lipinski definition) is 4. The summed E-state index contributed by atoms with van der Waals surface area (Å²) in [7, 11) is 0. The van der Waals surface area contributed by atoms with Crippen LogP contribution in [-0.2, 0) is 11.3 Å². The van der Waals surface area contributed by atoms with E-state index in [0.29, 0.717) is 49.8 Å². The molecule has 2 aromatic heterocycles. The van der Waals surface area contributed by atoms with Crippen LogP contribution in [-0.4, -0.2) is 43.0 Å². The zero-order valence-corrected chi connectivity index (χ0v) is 18.0. The van der Waals surface area contributed by atoms with Gasteiger partial charge in [0, 0.05) is 32.1 Å². The largest absolute Gasteiger partial charge is 0.342 e. The second-order valence-corrected chi connectivity index (χ2v) is 8.31. The number of H-pyrrole nitrogens is 1. The number of carbonyl (C=O) groups excluding carboxylic acids is 1. The van der Waals surface area contributed by atoms with E-state index >= 15 is 0 Å². The second kappa shape index (κ2) is 8.11. The Morgan fingerprint density at radius 1 is 1.06 bits per heavy atom. The van der Waals surface area contributed by atoms with E-state index in [1.54, 1.807) is 24.3 Å². The van der Waals surface area contributed by atoms with Crippen molar-refractivity contribution in [2.24, 2.45) is 0 Å². The number of likely N-dealkylation sites (tertiary alicyclic amines) is 1. The van der Waals surface area contributed by atoms with E-state index < -0.39 is 0 Å². The van der Waals surface area contributed by atoms with E-state index in [9.17, 15) is 14.4 Å². The third-order valence-electron chi connectivity index (χ3n) is 6.41. The average molecular weight is 431 g/mol. The van der Waals surface area contributed by atoms with Crippen LogP contribution in [0.5, 0.6) is 0 Å². The van der Waals surface area contributed by atoms with Crippen molar-refractivity contribution in [3.8, 4) is 0 Å². The summed E-state index contributed by atoms with van der Waals surface area (Å²) in [6.07, 6.45) is 1.56. The molecule has 32 heavy (non-hydrogen) atoms. The van der Waals surface area contributed by atoms with Gasteiger partial charge in [0.25, 0.3) is 5.56 Å². The number of nitrogens with zero attached hydrogens (tertiary/aromatic N) is 4. The number of hydrogen-bond donors (Lipinski definition) is 1. The summed E-state index contributed by atoms with van der Waals surface area (Å²) in [5, 5.41) is 0.508. The fourth-order valence-corrected chi connectivity index (χ4v) is 4.72. The van der Waals surface area contributed by atoms with Crippen molar-refractivity contribution in [2.75, 3.05) is 13.1 Å². The normalized spacial score (nSPS) is 15.0. The first-order chi connectivity index (χ1) is 15.5. The van der Waals surface area contributed by atoms with Gasteiger partial charge in [-0.3, -0.25) is 14.2 Å². The molecule has 1 aliphatic heterocycles. The fourth-order valence-electron chi connectivity index (χ4n) is 4.72. The average Bonchev–Trinajstić information content (AvgIpc) is 3.13. The number of rotatable bonds is 4. The van der Waals surface area contributed by atoms with Gasteiger partial charge in [-0.05, 0) is 44.0 Å². The Morgan fingerprint density at radius 2 is 1.78 bits per heavy atom. The predicted octanol–water partition coefficient (Wildman–Crippen LogP) is 2.60. The Labute approximate surface area is 184 Å². The van der Waals surface area contributed by atoms with E-state index in [2.05, 4.69) is 14.5 Å². The molecule has 5 rings (SSSR count). The second-order valence-electron chi connectivity index (χ2n) is 8.31. The minimum absolute atomic E-state index is 0.0837. The van der Waals surface area contributed by atoms with Crippen LogP contribution in [0.1, 0.15) is 31.1 Å². The first kappa shape index (κ1) is 20.2. The molecule has 0 saturated carbocycles. The molecule has 0 radical (unpaired) electrons. The van der Waals surface area contributed by atoms with E-state index in [4.69, 9.17) is 0 Å². The molecule has 1 saturated heterocycles. The van der Waals surface area contributed by atoms with Crippen molar-refractivity contribution in [1.29, 1.82) is 0 Å². The zero-order valence-electron chi connectivity index (χ0n) is 18.0. The molecule has 0 aliphatic carbocycles. The molecule has 1 aliphatic rings. The number of fused-ring (bicyclic) bond motifs is 2. The minimum atomic E-state index is -0.388. The summed E-state index contributed by atoms with van der Waals surface area (Å²) in [4.78, 5) is 47.5. The van der Waals surface area contributed by atoms with E-state index in [-0.39, 0.29) is 23.2 Å². The Kier molecular flexibility index (Phi) is 5.13. The number of aromatic amines is 1. The van der Waals surface area contributed by atoms with Gasteiger partial charge < -0.3 is 14.5 Å². The van der Waals surface area contributed by atoms with Crippen LogP contribution >= 0.6 is 0 Å². The Hall–Kier alpha value is -3.68. The number of amides is 1. The van der Waals surface area contributed by atoms with Crippen LogP contribution in [0.2, 0.25) is 0 Å². The van der Waals surface area contributed by atoms with Crippen molar-refractivity contribution in [2.45, 2.75) is 38.8 Å². The zero-order chi connectivity index (χ0) is 22.2. The standard InChI is InChI=1S/C24H25N5O3/c1-16-25-20-8-4-5-9-21(20)28(16)15-12-22(30)27-13-10-17(11-14-27)29-23(31)18-6-2-3-7-19(18)26-24(29)32/h2-9,17H,10-15H2,1H3,(H,26,32). The number of piperidine rings is 1. The molecule has 0 unspecified atom stereocenters. The predicted molar refractivity (Wildman–Crippen MR) is 123 cm³/mol. The molecule has 0 bridgehead atoms. The molecule has 1 amide bonds. The van der Waals surface area contributed by atoms with Gasteiger partial charge in [-0.15, -0.1) is 0 Å².